The minimum Gasteiger partial charge on any atom is -0.393 e. The summed E-state index contributed by atoms with van der Waals surface area (Å²) in [7, 11) is -2.54. The highest BCUT2D eigenvalue weighted by Crippen LogP contribution is 2.35. The van der Waals surface area contributed by atoms with Gasteiger partial charge in [-0.25, -0.2) is 0 Å². The summed E-state index contributed by atoms with van der Waals surface area (Å²) < 4.78 is 48.0. The molecule has 11 unspecified atom stereocenters. The van der Waals surface area contributed by atoms with Crippen molar-refractivity contribution in [1.82, 2.24) is 16.0 Å². The normalized spacial score (nSPS) is 41.7. The van der Waals surface area contributed by atoms with Gasteiger partial charge in [0, 0.05) is 18.9 Å². The fourth-order valence-electron chi connectivity index (χ4n) is 7.31. The Morgan fingerprint density at radius 3 is 1.67 bits per heavy atom. The van der Waals surface area contributed by atoms with Crippen molar-refractivity contribution in [2.24, 2.45) is 17.8 Å². The van der Waals surface area contributed by atoms with Gasteiger partial charge in [0.15, 0.2) is 0 Å². The number of hydrogen-bond acceptors (Lipinski definition) is 12. The van der Waals surface area contributed by atoms with E-state index in [2.05, 4.69) is 16.0 Å². The van der Waals surface area contributed by atoms with Gasteiger partial charge in [0.05, 0.1) is 74.4 Å². The first-order chi connectivity index (χ1) is 19.9. The van der Waals surface area contributed by atoms with Crippen molar-refractivity contribution in [2.75, 3.05) is 26.1 Å². The lowest BCUT2D eigenvalue weighted by Crippen LogP contribution is -2.74. The Kier molecular flexibility index (Phi) is 12.8. The molecule has 0 aromatic carbocycles. The van der Waals surface area contributed by atoms with Gasteiger partial charge in [-0.3, -0.25) is 20.5 Å². The van der Waals surface area contributed by atoms with Crippen LogP contribution >= 0.6 is 0 Å². The Bertz CT molecular complexity index is 922. The van der Waals surface area contributed by atoms with Gasteiger partial charge < -0.3 is 34.6 Å². The van der Waals surface area contributed by atoms with Crippen molar-refractivity contribution in [3.05, 3.63) is 0 Å². The molecular formula is C28H53N3O10S. The van der Waals surface area contributed by atoms with Crippen molar-refractivity contribution in [1.29, 1.82) is 0 Å². The minimum absolute atomic E-state index is 0.00668. The van der Waals surface area contributed by atoms with Gasteiger partial charge in [0.1, 0.15) is 5.75 Å². The SMILES string of the molecule is COC1CCC(C2NC(C3CCC(OCC(C)O)CC3O)NC(C3CCC(OCC(O)CS(=O)(=O)O)CC3O)N2)CC1. The van der Waals surface area contributed by atoms with Crippen molar-refractivity contribution in [2.45, 2.75) is 132 Å². The van der Waals surface area contributed by atoms with Gasteiger partial charge in [-0.05, 0) is 77.0 Å². The van der Waals surface area contributed by atoms with E-state index in [4.69, 9.17) is 18.8 Å². The molecule has 1 aliphatic heterocycles. The van der Waals surface area contributed by atoms with Crippen molar-refractivity contribution in [3.63, 3.8) is 0 Å². The summed E-state index contributed by atoms with van der Waals surface area (Å²) in [5.74, 6) is -0.561. The Hall–Kier alpha value is -0.490. The third-order valence-electron chi connectivity index (χ3n) is 9.60. The van der Waals surface area contributed by atoms with Gasteiger partial charge in [-0.1, -0.05) is 0 Å². The number of ether oxygens (including phenoxy) is 3. The summed E-state index contributed by atoms with van der Waals surface area (Å²) in [5.41, 5.74) is 0. The van der Waals surface area contributed by atoms with Crippen molar-refractivity contribution < 1.29 is 47.6 Å². The van der Waals surface area contributed by atoms with Crippen LogP contribution in [0.4, 0.5) is 0 Å². The first kappa shape index (κ1) is 34.4. The molecule has 8 N–H and O–H groups in total. The first-order valence-corrected chi connectivity index (χ1v) is 17.2. The molecule has 0 aromatic rings. The molecule has 11 atom stereocenters. The van der Waals surface area contributed by atoms with E-state index < -0.39 is 40.3 Å². The topological polar surface area (TPSA) is 199 Å². The molecule has 0 aromatic heterocycles. The number of hydrogen-bond donors (Lipinski definition) is 8. The largest absolute Gasteiger partial charge is 0.393 e. The highest BCUT2D eigenvalue weighted by atomic mass is 32.2. The predicted octanol–water partition coefficient (Wildman–Crippen LogP) is -0.326. The lowest BCUT2D eigenvalue weighted by molar-refractivity contribution is -0.0892. The number of aliphatic hydroxyl groups excluding tert-OH is 4. The number of nitrogens with one attached hydrogen (secondary N) is 3. The maximum absolute atomic E-state index is 11.2. The molecule has 0 radical (unpaired) electrons. The zero-order valence-electron chi connectivity index (χ0n) is 24.9. The molecular weight excluding hydrogens is 570 g/mol. The Labute approximate surface area is 249 Å². The first-order valence-electron chi connectivity index (χ1n) is 15.6. The van der Waals surface area contributed by atoms with Crippen molar-refractivity contribution in [3.8, 4) is 0 Å². The molecule has 3 aliphatic carbocycles. The molecule has 1 saturated heterocycles. The number of rotatable bonds is 12. The number of aliphatic hydroxyl groups is 4. The molecule has 14 heteroatoms. The zero-order chi connectivity index (χ0) is 30.4. The zero-order valence-corrected chi connectivity index (χ0v) is 25.7. The predicted molar refractivity (Wildman–Crippen MR) is 154 cm³/mol. The van der Waals surface area contributed by atoms with Gasteiger partial charge >= 0.3 is 0 Å². The van der Waals surface area contributed by atoms with Crippen LogP contribution in [0.3, 0.4) is 0 Å². The van der Waals surface area contributed by atoms with Crippen LogP contribution in [0, 0.1) is 17.8 Å². The fourth-order valence-corrected chi connectivity index (χ4v) is 7.89. The molecule has 4 rings (SSSR count). The van der Waals surface area contributed by atoms with Crippen LogP contribution < -0.4 is 16.0 Å². The van der Waals surface area contributed by atoms with E-state index in [1.54, 1.807) is 14.0 Å². The average molecular weight is 624 g/mol. The van der Waals surface area contributed by atoms with Gasteiger partial charge in [-0.2, -0.15) is 8.42 Å². The highest BCUT2D eigenvalue weighted by Gasteiger charge is 2.45. The van der Waals surface area contributed by atoms with Crippen LogP contribution in [-0.2, 0) is 24.3 Å². The molecule has 13 nitrogen and oxygen atoms in total. The third-order valence-corrected chi connectivity index (χ3v) is 10.4. The highest BCUT2D eigenvalue weighted by molar-refractivity contribution is 7.85. The molecule has 246 valence electrons. The summed E-state index contributed by atoms with van der Waals surface area (Å²) in [6.45, 7) is 1.71. The van der Waals surface area contributed by atoms with Crippen LogP contribution in [0.5, 0.6) is 0 Å². The molecule has 3 saturated carbocycles. The maximum atomic E-state index is 11.2. The second-order valence-electron chi connectivity index (χ2n) is 13.0. The van der Waals surface area contributed by atoms with Crippen LogP contribution in [0.15, 0.2) is 0 Å². The monoisotopic (exact) mass is 623 g/mol. The smallest absolute Gasteiger partial charge is 0.267 e. The summed E-state index contributed by atoms with van der Waals surface area (Å²) >= 11 is 0. The molecule has 4 fully saturated rings. The van der Waals surface area contributed by atoms with Gasteiger partial charge in [0.25, 0.3) is 10.1 Å². The molecule has 0 amide bonds. The van der Waals surface area contributed by atoms with Gasteiger partial charge in [0.2, 0.25) is 0 Å². The van der Waals surface area contributed by atoms with E-state index in [1.165, 1.54) is 0 Å². The second kappa shape index (κ2) is 15.7. The standard InChI is InChI=1S/C28H53N3O10S/c1-16(32)13-40-20-7-9-22(24(34)11-20)27-29-26(17-3-5-19(39-2)6-4-17)30-28(31-27)23-10-8-21(12-25(23)35)41-14-18(33)15-42(36,37)38/h16-35H,3-15H2,1-2H3,(H,36,37,38). The fraction of sp³-hybridized carbons (Fsp3) is 1.00. The quantitative estimate of drug-likeness (QED) is 0.132. The summed E-state index contributed by atoms with van der Waals surface area (Å²) in [4.78, 5) is 0. The lowest BCUT2D eigenvalue weighted by atomic mass is 9.78. The van der Waals surface area contributed by atoms with Crippen molar-refractivity contribution >= 4 is 10.1 Å². The van der Waals surface area contributed by atoms with E-state index in [1.807, 2.05) is 0 Å². The Balaban J connectivity index is 1.38. The van der Waals surface area contributed by atoms with E-state index in [0.717, 1.165) is 38.5 Å². The minimum atomic E-state index is -4.30. The maximum Gasteiger partial charge on any atom is 0.267 e. The van der Waals surface area contributed by atoms with Gasteiger partial charge in [-0.15, -0.1) is 0 Å². The van der Waals surface area contributed by atoms with Crippen LogP contribution in [-0.4, -0.2) is 121 Å². The van der Waals surface area contributed by atoms with E-state index in [9.17, 15) is 28.8 Å². The summed E-state index contributed by atoms with van der Waals surface area (Å²) in [6, 6.07) is 0. The molecule has 4 aliphatic rings. The molecule has 42 heavy (non-hydrogen) atoms. The summed E-state index contributed by atoms with van der Waals surface area (Å²) in [5, 5.41) is 53.0. The third kappa shape index (κ3) is 10.0. The van der Waals surface area contributed by atoms with Crippen LogP contribution in [0.2, 0.25) is 0 Å². The number of methoxy groups -OCH3 is 1. The molecule has 1 heterocycles. The van der Waals surface area contributed by atoms with E-state index >= 15 is 0 Å². The van der Waals surface area contributed by atoms with Crippen LogP contribution in [0.1, 0.15) is 71.1 Å². The van der Waals surface area contributed by atoms with Crippen LogP contribution in [0.25, 0.3) is 0 Å². The molecule has 0 bridgehead atoms. The lowest BCUT2D eigenvalue weighted by Gasteiger charge is -2.51. The average Bonchev–Trinajstić information content (AvgIpc) is 2.94. The Morgan fingerprint density at radius 2 is 1.21 bits per heavy atom. The summed E-state index contributed by atoms with van der Waals surface area (Å²) in [6.07, 6.45) is 4.09. The molecule has 0 spiro atoms. The van der Waals surface area contributed by atoms with E-state index in [0.29, 0.717) is 31.6 Å². The Morgan fingerprint density at radius 1 is 0.738 bits per heavy atom. The second-order valence-corrected chi connectivity index (χ2v) is 14.5. The van der Waals surface area contributed by atoms with E-state index in [-0.39, 0.29) is 61.9 Å².